The zero-order chi connectivity index (χ0) is 8.10. The fourth-order valence-electron chi connectivity index (χ4n) is 1.34. The molecule has 1 fully saturated rings. The third kappa shape index (κ3) is 2.81. The summed E-state index contributed by atoms with van der Waals surface area (Å²) in [6.07, 6.45) is 3.53. The lowest BCUT2D eigenvalue weighted by molar-refractivity contribution is 0.109. The Balaban J connectivity index is 2.19. The SMILES string of the molecule is CO[C@@H]1CCN(C/C=C/Cl)C1. The van der Waals surface area contributed by atoms with Crippen molar-refractivity contribution in [3.05, 3.63) is 11.6 Å². The average molecular weight is 176 g/mol. The van der Waals surface area contributed by atoms with Crippen molar-refractivity contribution >= 4 is 11.6 Å². The van der Waals surface area contributed by atoms with E-state index in [0.29, 0.717) is 6.10 Å². The van der Waals surface area contributed by atoms with E-state index in [1.54, 1.807) is 12.6 Å². The molecule has 0 aromatic heterocycles. The van der Waals surface area contributed by atoms with E-state index in [0.717, 1.165) is 26.1 Å². The minimum Gasteiger partial charge on any atom is -0.380 e. The Morgan fingerprint density at radius 3 is 3.09 bits per heavy atom. The number of methoxy groups -OCH3 is 1. The summed E-state index contributed by atoms with van der Waals surface area (Å²) in [5.74, 6) is 0. The second-order valence-electron chi connectivity index (χ2n) is 2.77. The number of halogens is 1. The second kappa shape index (κ2) is 4.75. The lowest BCUT2D eigenvalue weighted by atomic mass is 10.3. The van der Waals surface area contributed by atoms with Crippen LogP contribution in [0.3, 0.4) is 0 Å². The van der Waals surface area contributed by atoms with Gasteiger partial charge in [-0.2, -0.15) is 0 Å². The van der Waals surface area contributed by atoms with E-state index in [2.05, 4.69) is 4.90 Å². The summed E-state index contributed by atoms with van der Waals surface area (Å²) in [4.78, 5) is 2.33. The van der Waals surface area contributed by atoms with Crippen molar-refractivity contribution in [3.63, 3.8) is 0 Å². The first kappa shape index (κ1) is 9.04. The highest BCUT2D eigenvalue weighted by atomic mass is 35.5. The van der Waals surface area contributed by atoms with Gasteiger partial charge in [0.2, 0.25) is 0 Å². The van der Waals surface area contributed by atoms with Gasteiger partial charge in [0.25, 0.3) is 0 Å². The van der Waals surface area contributed by atoms with E-state index in [-0.39, 0.29) is 0 Å². The largest absolute Gasteiger partial charge is 0.380 e. The van der Waals surface area contributed by atoms with Gasteiger partial charge in [-0.1, -0.05) is 17.7 Å². The van der Waals surface area contributed by atoms with Crippen LogP contribution in [0.5, 0.6) is 0 Å². The van der Waals surface area contributed by atoms with E-state index in [9.17, 15) is 0 Å². The molecule has 0 N–H and O–H groups in total. The summed E-state index contributed by atoms with van der Waals surface area (Å²) in [7, 11) is 1.77. The van der Waals surface area contributed by atoms with Gasteiger partial charge in [0.15, 0.2) is 0 Å². The van der Waals surface area contributed by atoms with Crippen molar-refractivity contribution in [2.75, 3.05) is 26.7 Å². The molecule has 1 aliphatic rings. The number of rotatable bonds is 3. The van der Waals surface area contributed by atoms with Gasteiger partial charge in [0, 0.05) is 32.3 Å². The van der Waals surface area contributed by atoms with Crippen LogP contribution >= 0.6 is 11.6 Å². The monoisotopic (exact) mass is 175 g/mol. The Kier molecular flexibility index (Phi) is 3.91. The molecule has 64 valence electrons. The highest BCUT2D eigenvalue weighted by Gasteiger charge is 2.20. The Morgan fingerprint density at radius 2 is 2.55 bits per heavy atom. The molecule has 1 saturated heterocycles. The lowest BCUT2D eigenvalue weighted by Gasteiger charge is -2.11. The summed E-state index contributed by atoms with van der Waals surface area (Å²) >= 11 is 5.41. The summed E-state index contributed by atoms with van der Waals surface area (Å²) in [6, 6.07) is 0. The molecule has 2 nitrogen and oxygen atoms in total. The number of nitrogens with zero attached hydrogens (tertiary/aromatic N) is 1. The van der Waals surface area contributed by atoms with Crippen molar-refractivity contribution in [2.45, 2.75) is 12.5 Å². The van der Waals surface area contributed by atoms with Crippen LogP contribution in [0.1, 0.15) is 6.42 Å². The predicted molar refractivity (Wildman–Crippen MR) is 46.8 cm³/mol. The van der Waals surface area contributed by atoms with Gasteiger partial charge < -0.3 is 4.74 Å². The minimum atomic E-state index is 0.429. The number of ether oxygens (including phenoxy) is 1. The molecule has 3 heteroatoms. The fourth-order valence-corrected chi connectivity index (χ4v) is 1.42. The van der Waals surface area contributed by atoms with Crippen LogP contribution in [0, 0.1) is 0 Å². The molecular formula is C8H14ClNO. The highest BCUT2D eigenvalue weighted by molar-refractivity contribution is 6.25. The van der Waals surface area contributed by atoms with Crippen molar-refractivity contribution in [1.82, 2.24) is 4.90 Å². The molecule has 0 spiro atoms. The second-order valence-corrected chi connectivity index (χ2v) is 3.02. The van der Waals surface area contributed by atoms with Crippen LogP contribution in [-0.4, -0.2) is 37.7 Å². The highest BCUT2D eigenvalue weighted by Crippen LogP contribution is 2.10. The first-order valence-electron chi connectivity index (χ1n) is 3.87. The normalized spacial score (nSPS) is 26.9. The minimum absolute atomic E-state index is 0.429. The predicted octanol–water partition coefficient (Wildman–Crippen LogP) is 1.46. The van der Waals surface area contributed by atoms with Crippen molar-refractivity contribution in [1.29, 1.82) is 0 Å². The van der Waals surface area contributed by atoms with E-state index in [4.69, 9.17) is 16.3 Å². The van der Waals surface area contributed by atoms with Crippen LogP contribution in [0.2, 0.25) is 0 Å². The molecule has 1 heterocycles. The van der Waals surface area contributed by atoms with E-state index in [1.807, 2.05) is 6.08 Å². The Bertz CT molecular complexity index is 138. The molecule has 0 radical (unpaired) electrons. The Labute approximate surface area is 72.8 Å². The third-order valence-electron chi connectivity index (χ3n) is 2.02. The third-order valence-corrected chi connectivity index (χ3v) is 2.19. The van der Waals surface area contributed by atoms with E-state index >= 15 is 0 Å². The van der Waals surface area contributed by atoms with Gasteiger partial charge in [0.05, 0.1) is 6.10 Å². The number of hydrogen-bond donors (Lipinski definition) is 0. The van der Waals surface area contributed by atoms with Crippen LogP contribution in [0.25, 0.3) is 0 Å². The summed E-state index contributed by atoms with van der Waals surface area (Å²) in [5, 5.41) is 0. The zero-order valence-corrected chi connectivity index (χ0v) is 7.55. The van der Waals surface area contributed by atoms with Crippen LogP contribution < -0.4 is 0 Å². The van der Waals surface area contributed by atoms with E-state index < -0.39 is 0 Å². The zero-order valence-electron chi connectivity index (χ0n) is 6.79. The average Bonchev–Trinajstić information content (AvgIpc) is 2.48. The molecule has 0 aromatic carbocycles. The molecule has 1 rings (SSSR count). The standard InChI is InChI=1S/C8H14ClNO/c1-11-8-3-6-10(7-8)5-2-4-9/h2,4,8H,3,5-7H2,1H3/b4-2+/t8-/m1/s1. The molecule has 0 aliphatic carbocycles. The maximum atomic E-state index is 5.41. The van der Waals surface area contributed by atoms with Gasteiger partial charge in [-0.3, -0.25) is 4.90 Å². The van der Waals surface area contributed by atoms with Crippen molar-refractivity contribution in [2.24, 2.45) is 0 Å². The smallest absolute Gasteiger partial charge is 0.0710 e. The number of likely N-dealkylation sites (tertiary alicyclic amines) is 1. The van der Waals surface area contributed by atoms with Crippen molar-refractivity contribution in [3.8, 4) is 0 Å². The number of hydrogen-bond acceptors (Lipinski definition) is 2. The molecule has 1 atom stereocenters. The molecule has 11 heavy (non-hydrogen) atoms. The first-order chi connectivity index (χ1) is 5.36. The maximum absolute atomic E-state index is 5.41. The van der Waals surface area contributed by atoms with Gasteiger partial charge >= 0.3 is 0 Å². The summed E-state index contributed by atoms with van der Waals surface area (Å²) in [6.45, 7) is 3.11. The topological polar surface area (TPSA) is 12.5 Å². The van der Waals surface area contributed by atoms with Gasteiger partial charge in [-0.15, -0.1) is 0 Å². The summed E-state index contributed by atoms with van der Waals surface area (Å²) < 4.78 is 5.22. The molecule has 0 aromatic rings. The molecule has 0 saturated carbocycles. The molecular weight excluding hydrogens is 162 g/mol. The molecule has 0 bridgehead atoms. The Hall–Kier alpha value is -0.0500. The Morgan fingerprint density at radius 1 is 1.73 bits per heavy atom. The maximum Gasteiger partial charge on any atom is 0.0710 e. The molecule has 1 aliphatic heterocycles. The van der Waals surface area contributed by atoms with E-state index in [1.165, 1.54) is 0 Å². The van der Waals surface area contributed by atoms with Crippen LogP contribution in [-0.2, 0) is 4.74 Å². The fraction of sp³-hybridized carbons (Fsp3) is 0.750. The first-order valence-corrected chi connectivity index (χ1v) is 4.31. The molecule has 0 amide bonds. The summed E-state index contributed by atoms with van der Waals surface area (Å²) in [5.41, 5.74) is 1.57. The van der Waals surface area contributed by atoms with Gasteiger partial charge in [0.1, 0.15) is 0 Å². The van der Waals surface area contributed by atoms with Gasteiger partial charge in [-0.05, 0) is 6.42 Å². The van der Waals surface area contributed by atoms with Crippen molar-refractivity contribution < 1.29 is 4.74 Å². The quantitative estimate of drug-likeness (QED) is 0.644. The van der Waals surface area contributed by atoms with Crippen LogP contribution in [0.4, 0.5) is 0 Å². The molecule has 0 unspecified atom stereocenters. The van der Waals surface area contributed by atoms with Gasteiger partial charge in [-0.25, -0.2) is 0 Å². The van der Waals surface area contributed by atoms with Crippen LogP contribution in [0.15, 0.2) is 11.6 Å². The lowest BCUT2D eigenvalue weighted by Crippen LogP contribution is -2.22.